The fraction of sp³-hybridized carbons (Fsp3) is 0.583. The zero-order valence-electron chi connectivity index (χ0n) is 20.2. The van der Waals surface area contributed by atoms with E-state index in [0.29, 0.717) is 43.9 Å². The number of para-hydroxylation sites is 1. The summed E-state index contributed by atoms with van der Waals surface area (Å²) in [6, 6.07) is 5.29. The number of carbonyl (C=O) groups excluding carboxylic acids is 4. The molecule has 0 radical (unpaired) electrons. The SMILES string of the molecule is CCO[C@H]1CC(=O)O[C@H]1NC(=O)[N+]1(C(=O)[C@@H](NC(=O)c2ccccc2OC)C(C)C)CCCC1. The number of urea groups is 1. The Morgan fingerprint density at radius 3 is 2.47 bits per heavy atom. The van der Waals surface area contributed by atoms with Gasteiger partial charge in [-0.1, -0.05) is 26.0 Å². The van der Waals surface area contributed by atoms with Gasteiger partial charge in [-0.2, -0.15) is 4.48 Å². The minimum absolute atomic E-state index is 0.0380. The Hall–Kier alpha value is -2.98. The van der Waals surface area contributed by atoms with E-state index in [1.165, 1.54) is 7.11 Å². The Kier molecular flexibility index (Phi) is 8.27. The lowest BCUT2D eigenvalue weighted by molar-refractivity contribution is -0.761. The van der Waals surface area contributed by atoms with Crippen molar-refractivity contribution in [1.29, 1.82) is 0 Å². The first-order valence-electron chi connectivity index (χ1n) is 11.7. The molecule has 0 saturated carbocycles. The predicted molar refractivity (Wildman–Crippen MR) is 122 cm³/mol. The molecule has 186 valence electrons. The number of benzene rings is 1. The number of nitrogens with zero attached hydrogens (tertiary/aromatic N) is 1. The average Bonchev–Trinajstić information content (AvgIpc) is 3.44. The van der Waals surface area contributed by atoms with Gasteiger partial charge in [-0.15, -0.1) is 0 Å². The van der Waals surface area contributed by atoms with E-state index in [1.807, 2.05) is 13.8 Å². The first-order valence-corrected chi connectivity index (χ1v) is 11.7. The van der Waals surface area contributed by atoms with Crippen molar-refractivity contribution in [2.75, 3.05) is 26.8 Å². The van der Waals surface area contributed by atoms with Crippen molar-refractivity contribution in [3.63, 3.8) is 0 Å². The Morgan fingerprint density at radius 2 is 1.85 bits per heavy atom. The van der Waals surface area contributed by atoms with E-state index in [1.54, 1.807) is 31.2 Å². The van der Waals surface area contributed by atoms with Gasteiger partial charge in [-0.05, 0) is 25.0 Å². The van der Waals surface area contributed by atoms with Crippen LogP contribution < -0.4 is 15.4 Å². The number of imide groups is 1. The van der Waals surface area contributed by atoms with Crippen LogP contribution in [0.2, 0.25) is 0 Å². The van der Waals surface area contributed by atoms with Crippen LogP contribution in [0.5, 0.6) is 5.75 Å². The molecule has 2 saturated heterocycles. The molecule has 0 spiro atoms. The van der Waals surface area contributed by atoms with Crippen LogP contribution in [-0.4, -0.2) is 73.5 Å². The quantitative estimate of drug-likeness (QED) is 0.435. The predicted octanol–water partition coefficient (Wildman–Crippen LogP) is 1.97. The van der Waals surface area contributed by atoms with Crippen LogP contribution in [0.4, 0.5) is 4.79 Å². The van der Waals surface area contributed by atoms with Gasteiger partial charge in [0.25, 0.3) is 5.91 Å². The summed E-state index contributed by atoms with van der Waals surface area (Å²) in [5.41, 5.74) is 0.304. The summed E-state index contributed by atoms with van der Waals surface area (Å²) < 4.78 is 15.6. The Morgan fingerprint density at radius 1 is 1.18 bits per heavy atom. The molecule has 34 heavy (non-hydrogen) atoms. The Bertz CT molecular complexity index is 927. The van der Waals surface area contributed by atoms with Gasteiger partial charge in [0.2, 0.25) is 6.23 Å². The standard InChI is InChI=1S/C24H33N3O7/c1-5-33-18-14-19(28)34-22(18)26-24(31)27(12-8-9-13-27)23(30)20(15(2)3)25-21(29)16-10-6-7-11-17(16)32-4/h6-7,10-11,15,18,20,22H,5,8-9,12-14H2,1-4H3,(H-,25,26,29,31)/p+1/t18-,20-,22+/m0/s1. The van der Waals surface area contributed by atoms with Crippen molar-refractivity contribution >= 4 is 23.8 Å². The Balaban J connectivity index is 1.82. The monoisotopic (exact) mass is 476 g/mol. The lowest BCUT2D eigenvalue weighted by Crippen LogP contribution is -2.67. The first kappa shape index (κ1) is 25.6. The molecule has 3 rings (SSSR count). The van der Waals surface area contributed by atoms with Crippen LogP contribution in [0.15, 0.2) is 24.3 Å². The lowest BCUT2D eigenvalue weighted by Gasteiger charge is -2.34. The molecule has 2 aliphatic heterocycles. The molecule has 3 atom stereocenters. The number of rotatable bonds is 8. The van der Waals surface area contributed by atoms with Gasteiger partial charge in [0, 0.05) is 19.4 Å². The van der Waals surface area contributed by atoms with E-state index in [2.05, 4.69) is 10.6 Å². The summed E-state index contributed by atoms with van der Waals surface area (Å²) in [5.74, 6) is -1.20. The minimum Gasteiger partial charge on any atom is -0.496 e. The molecule has 0 aromatic heterocycles. The van der Waals surface area contributed by atoms with Crippen LogP contribution in [0.3, 0.4) is 0 Å². The smallest absolute Gasteiger partial charge is 0.427 e. The molecule has 2 N–H and O–H groups in total. The van der Waals surface area contributed by atoms with E-state index in [0.717, 1.165) is 0 Å². The van der Waals surface area contributed by atoms with E-state index < -0.39 is 46.7 Å². The molecular weight excluding hydrogens is 442 g/mol. The number of hydrogen-bond donors (Lipinski definition) is 2. The number of quaternary nitrogens is 1. The van der Waals surface area contributed by atoms with Crippen molar-refractivity contribution < 1.29 is 37.9 Å². The second-order valence-corrected chi connectivity index (χ2v) is 8.91. The summed E-state index contributed by atoms with van der Waals surface area (Å²) in [6.45, 7) is 6.39. The van der Waals surface area contributed by atoms with Crippen LogP contribution >= 0.6 is 0 Å². The molecule has 1 aromatic carbocycles. The zero-order chi connectivity index (χ0) is 24.9. The van der Waals surface area contributed by atoms with Crippen LogP contribution in [0.1, 0.15) is 50.4 Å². The highest BCUT2D eigenvalue weighted by molar-refractivity contribution is 6.00. The van der Waals surface area contributed by atoms with Gasteiger partial charge in [0.05, 0.1) is 32.2 Å². The largest absolute Gasteiger partial charge is 0.496 e. The number of carbonyl (C=O) groups is 4. The van der Waals surface area contributed by atoms with Gasteiger partial charge in [-0.25, -0.2) is 9.59 Å². The van der Waals surface area contributed by atoms with Crippen LogP contribution in [0.25, 0.3) is 0 Å². The number of amides is 4. The number of cyclic esters (lactones) is 1. The maximum Gasteiger partial charge on any atom is 0.427 e. The molecule has 10 nitrogen and oxygen atoms in total. The summed E-state index contributed by atoms with van der Waals surface area (Å²) in [5, 5.41) is 5.54. The highest BCUT2D eigenvalue weighted by atomic mass is 16.6. The molecule has 0 unspecified atom stereocenters. The van der Waals surface area contributed by atoms with E-state index >= 15 is 0 Å². The third-order valence-electron chi connectivity index (χ3n) is 6.32. The van der Waals surface area contributed by atoms with Crippen molar-refractivity contribution in [2.24, 2.45) is 5.92 Å². The average molecular weight is 477 g/mol. The van der Waals surface area contributed by atoms with Crippen molar-refractivity contribution in [3.05, 3.63) is 29.8 Å². The van der Waals surface area contributed by atoms with Gasteiger partial charge in [0.15, 0.2) is 0 Å². The highest BCUT2D eigenvalue weighted by Gasteiger charge is 2.53. The van der Waals surface area contributed by atoms with E-state index in [9.17, 15) is 19.2 Å². The number of esters is 1. The van der Waals surface area contributed by atoms with Gasteiger partial charge in [0.1, 0.15) is 17.9 Å². The summed E-state index contributed by atoms with van der Waals surface area (Å²) in [7, 11) is 1.47. The van der Waals surface area contributed by atoms with E-state index in [-0.39, 0.29) is 12.3 Å². The maximum absolute atomic E-state index is 13.8. The van der Waals surface area contributed by atoms with Crippen LogP contribution in [-0.2, 0) is 19.1 Å². The topological polar surface area (TPSA) is 120 Å². The maximum atomic E-state index is 13.8. The highest BCUT2D eigenvalue weighted by Crippen LogP contribution is 2.26. The number of methoxy groups -OCH3 is 1. The van der Waals surface area contributed by atoms with E-state index in [4.69, 9.17) is 14.2 Å². The fourth-order valence-corrected chi connectivity index (χ4v) is 4.49. The zero-order valence-corrected chi connectivity index (χ0v) is 20.2. The summed E-state index contributed by atoms with van der Waals surface area (Å²) in [4.78, 5) is 52.1. The first-order chi connectivity index (χ1) is 16.2. The molecule has 10 heteroatoms. The second kappa shape index (κ2) is 11.0. The normalized spacial score (nSPS) is 22.2. The molecule has 4 amide bonds. The minimum atomic E-state index is -0.955. The molecule has 1 aromatic rings. The third-order valence-corrected chi connectivity index (χ3v) is 6.32. The van der Waals surface area contributed by atoms with Crippen molar-refractivity contribution in [1.82, 2.24) is 10.6 Å². The number of ether oxygens (including phenoxy) is 3. The van der Waals surface area contributed by atoms with Gasteiger partial charge >= 0.3 is 17.9 Å². The van der Waals surface area contributed by atoms with Gasteiger partial charge in [-0.3, -0.25) is 14.9 Å². The molecule has 0 bridgehead atoms. The molecule has 2 fully saturated rings. The summed E-state index contributed by atoms with van der Waals surface area (Å²) in [6.07, 6.45) is -0.154. The van der Waals surface area contributed by atoms with Crippen molar-refractivity contribution in [2.45, 2.75) is 58.4 Å². The van der Waals surface area contributed by atoms with Gasteiger partial charge < -0.3 is 19.5 Å². The molecule has 0 aliphatic carbocycles. The Labute approximate surface area is 199 Å². The fourth-order valence-electron chi connectivity index (χ4n) is 4.49. The molecule has 2 heterocycles. The van der Waals surface area contributed by atoms with Crippen molar-refractivity contribution in [3.8, 4) is 5.75 Å². The third kappa shape index (κ3) is 5.23. The lowest BCUT2D eigenvalue weighted by atomic mass is 10.0. The molecular formula is C24H34N3O7+. The molecule has 2 aliphatic rings. The number of likely N-dealkylation sites (tertiary alicyclic amines) is 1. The number of hydrogen-bond acceptors (Lipinski definition) is 7. The van der Waals surface area contributed by atoms with Crippen LogP contribution in [0, 0.1) is 5.92 Å². The second-order valence-electron chi connectivity index (χ2n) is 8.91. The number of nitrogens with one attached hydrogen (secondary N) is 2. The summed E-state index contributed by atoms with van der Waals surface area (Å²) >= 11 is 0.